The SMILES string of the molecule is C[C@H](N)c1nc2cccc(Cl)c2c(=O)n1CC1CN(C(=O)OC(C)(C)C)CCO1. The maximum Gasteiger partial charge on any atom is 0.410 e. The van der Waals surface area contributed by atoms with E-state index < -0.39 is 23.8 Å². The molecule has 3 rings (SSSR count). The van der Waals surface area contributed by atoms with Gasteiger partial charge in [-0.2, -0.15) is 0 Å². The van der Waals surface area contributed by atoms with Gasteiger partial charge in [-0.25, -0.2) is 9.78 Å². The van der Waals surface area contributed by atoms with Crippen LogP contribution in [0.4, 0.5) is 4.79 Å². The van der Waals surface area contributed by atoms with Gasteiger partial charge in [-0.3, -0.25) is 9.36 Å². The highest BCUT2D eigenvalue weighted by Gasteiger charge is 2.29. The minimum Gasteiger partial charge on any atom is -0.444 e. The molecule has 9 heteroatoms. The van der Waals surface area contributed by atoms with E-state index in [1.807, 2.05) is 20.8 Å². The number of halogens is 1. The number of aromatic nitrogens is 2. The summed E-state index contributed by atoms with van der Waals surface area (Å²) in [6.45, 7) is 8.54. The Morgan fingerprint density at radius 3 is 2.83 bits per heavy atom. The van der Waals surface area contributed by atoms with Crippen molar-refractivity contribution in [3.05, 3.63) is 39.4 Å². The number of nitrogens with zero attached hydrogens (tertiary/aromatic N) is 3. The van der Waals surface area contributed by atoms with Crippen molar-refractivity contribution in [2.45, 2.75) is 52.0 Å². The number of amides is 1. The fourth-order valence-corrected chi connectivity index (χ4v) is 3.54. The van der Waals surface area contributed by atoms with Crippen LogP contribution in [0.3, 0.4) is 0 Å². The molecule has 1 amide bonds. The lowest BCUT2D eigenvalue weighted by Crippen LogP contribution is -2.49. The lowest BCUT2D eigenvalue weighted by molar-refractivity contribution is -0.0479. The molecule has 0 spiro atoms. The molecule has 1 saturated heterocycles. The van der Waals surface area contributed by atoms with Crippen molar-refractivity contribution >= 4 is 28.6 Å². The number of morpholine rings is 1. The Labute approximate surface area is 174 Å². The van der Waals surface area contributed by atoms with Crippen LogP contribution < -0.4 is 11.3 Å². The molecule has 1 aromatic carbocycles. The summed E-state index contributed by atoms with van der Waals surface area (Å²) >= 11 is 6.25. The number of fused-ring (bicyclic) bond motifs is 1. The van der Waals surface area contributed by atoms with Gasteiger partial charge in [0.05, 0.1) is 47.8 Å². The van der Waals surface area contributed by atoms with Crippen molar-refractivity contribution < 1.29 is 14.3 Å². The predicted molar refractivity (Wildman–Crippen MR) is 111 cm³/mol. The first-order chi connectivity index (χ1) is 13.6. The first-order valence-corrected chi connectivity index (χ1v) is 9.98. The molecule has 8 nitrogen and oxygen atoms in total. The van der Waals surface area contributed by atoms with Crippen LogP contribution in [0.1, 0.15) is 39.6 Å². The minimum atomic E-state index is -0.580. The third-order valence-electron chi connectivity index (χ3n) is 4.55. The quantitative estimate of drug-likeness (QED) is 0.816. The lowest BCUT2D eigenvalue weighted by Gasteiger charge is -2.34. The number of hydrogen-bond acceptors (Lipinski definition) is 6. The molecular formula is C20H27ClN4O4. The minimum absolute atomic E-state index is 0.211. The van der Waals surface area contributed by atoms with E-state index in [-0.39, 0.29) is 12.1 Å². The monoisotopic (exact) mass is 422 g/mol. The zero-order chi connectivity index (χ0) is 21.3. The summed E-state index contributed by atoms with van der Waals surface area (Å²) in [4.78, 5) is 31.7. The maximum atomic E-state index is 13.2. The second-order valence-corrected chi connectivity index (χ2v) is 8.63. The number of carbonyl (C=O) groups is 1. The molecule has 1 aliphatic heterocycles. The summed E-state index contributed by atoms with van der Waals surface area (Å²) in [6, 6.07) is 4.68. The number of ether oxygens (including phenoxy) is 2. The van der Waals surface area contributed by atoms with Crippen LogP contribution in [0, 0.1) is 0 Å². The highest BCUT2D eigenvalue weighted by atomic mass is 35.5. The zero-order valence-corrected chi connectivity index (χ0v) is 17.9. The van der Waals surface area contributed by atoms with Crippen molar-refractivity contribution in [3.8, 4) is 0 Å². The van der Waals surface area contributed by atoms with Crippen LogP contribution in [0.25, 0.3) is 10.9 Å². The molecule has 0 aliphatic carbocycles. The molecule has 158 valence electrons. The first-order valence-electron chi connectivity index (χ1n) is 9.61. The van der Waals surface area contributed by atoms with Gasteiger partial charge in [0.25, 0.3) is 5.56 Å². The highest BCUT2D eigenvalue weighted by Crippen LogP contribution is 2.21. The normalized spacial score (nSPS) is 18.7. The van der Waals surface area contributed by atoms with E-state index in [0.717, 1.165) is 0 Å². The molecule has 29 heavy (non-hydrogen) atoms. The van der Waals surface area contributed by atoms with Gasteiger partial charge in [0.2, 0.25) is 0 Å². The number of hydrogen-bond donors (Lipinski definition) is 1. The molecule has 2 atom stereocenters. The molecular weight excluding hydrogens is 396 g/mol. The van der Waals surface area contributed by atoms with Crippen molar-refractivity contribution in [1.29, 1.82) is 0 Å². The molecule has 1 aromatic heterocycles. The first kappa shape index (κ1) is 21.5. The largest absolute Gasteiger partial charge is 0.444 e. The van der Waals surface area contributed by atoms with Crippen LogP contribution in [0.2, 0.25) is 5.02 Å². The molecule has 2 aromatic rings. The third-order valence-corrected chi connectivity index (χ3v) is 4.86. The Bertz CT molecular complexity index is 967. The number of carbonyl (C=O) groups excluding carboxylic acids is 1. The van der Waals surface area contributed by atoms with E-state index in [9.17, 15) is 9.59 Å². The Hall–Kier alpha value is -2.16. The summed E-state index contributed by atoms with van der Waals surface area (Å²) < 4.78 is 12.8. The molecule has 1 unspecified atom stereocenters. The molecule has 1 fully saturated rings. The second kappa shape index (κ2) is 8.30. The van der Waals surface area contributed by atoms with Crippen LogP contribution >= 0.6 is 11.6 Å². The molecule has 0 bridgehead atoms. The van der Waals surface area contributed by atoms with Gasteiger partial charge >= 0.3 is 6.09 Å². The van der Waals surface area contributed by atoms with Crippen molar-refractivity contribution in [2.75, 3.05) is 19.7 Å². The van der Waals surface area contributed by atoms with Crippen LogP contribution in [0.5, 0.6) is 0 Å². The van der Waals surface area contributed by atoms with Crippen LogP contribution in [-0.4, -0.2) is 51.9 Å². The van der Waals surface area contributed by atoms with E-state index in [1.54, 1.807) is 30.0 Å². The molecule has 0 radical (unpaired) electrons. The smallest absolute Gasteiger partial charge is 0.410 e. The van der Waals surface area contributed by atoms with Gasteiger partial charge in [-0.05, 0) is 39.8 Å². The van der Waals surface area contributed by atoms with E-state index in [1.165, 1.54) is 4.57 Å². The topological polar surface area (TPSA) is 99.7 Å². The lowest BCUT2D eigenvalue weighted by atomic mass is 10.2. The third kappa shape index (κ3) is 4.88. The van der Waals surface area contributed by atoms with Crippen LogP contribution in [0.15, 0.2) is 23.0 Å². The summed E-state index contributed by atoms with van der Waals surface area (Å²) in [5, 5.41) is 0.684. The maximum absolute atomic E-state index is 13.2. The summed E-state index contributed by atoms with van der Waals surface area (Å²) in [7, 11) is 0. The van der Waals surface area contributed by atoms with Gasteiger partial charge in [-0.1, -0.05) is 17.7 Å². The highest BCUT2D eigenvalue weighted by molar-refractivity contribution is 6.35. The number of nitrogens with two attached hydrogens (primary N) is 1. The fourth-order valence-electron chi connectivity index (χ4n) is 3.29. The Kier molecular flexibility index (Phi) is 6.16. The van der Waals surface area contributed by atoms with Gasteiger partial charge < -0.3 is 20.1 Å². The van der Waals surface area contributed by atoms with Crippen molar-refractivity contribution in [2.24, 2.45) is 5.73 Å². The number of benzene rings is 1. The average molecular weight is 423 g/mol. The molecule has 0 saturated carbocycles. The Morgan fingerprint density at radius 2 is 2.17 bits per heavy atom. The summed E-state index contributed by atoms with van der Waals surface area (Å²) in [5.74, 6) is 0.447. The molecule has 1 aliphatic rings. The van der Waals surface area contributed by atoms with Gasteiger partial charge in [0.1, 0.15) is 11.4 Å². The van der Waals surface area contributed by atoms with E-state index >= 15 is 0 Å². The summed E-state index contributed by atoms with van der Waals surface area (Å²) in [5.41, 5.74) is 5.73. The zero-order valence-electron chi connectivity index (χ0n) is 17.1. The molecule has 2 heterocycles. The standard InChI is InChI=1S/C20H27ClN4O4/c1-12(22)17-23-15-7-5-6-14(21)16(15)18(26)25(17)11-13-10-24(8-9-28-13)19(27)29-20(2,3)4/h5-7,12-13H,8-11,22H2,1-4H3/t12-,13?/m0/s1. The van der Waals surface area contributed by atoms with Gasteiger partial charge in [0.15, 0.2) is 0 Å². The van der Waals surface area contributed by atoms with Crippen LogP contribution in [-0.2, 0) is 16.0 Å². The predicted octanol–water partition coefficient (Wildman–Crippen LogP) is 2.71. The second-order valence-electron chi connectivity index (χ2n) is 8.23. The van der Waals surface area contributed by atoms with E-state index in [0.29, 0.717) is 41.4 Å². The summed E-state index contributed by atoms with van der Waals surface area (Å²) in [6.07, 6.45) is -0.793. The van der Waals surface area contributed by atoms with E-state index in [2.05, 4.69) is 4.98 Å². The Morgan fingerprint density at radius 1 is 1.45 bits per heavy atom. The van der Waals surface area contributed by atoms with E-state index in [4.69, 9.17) is 26.8 Å². The van der Waals surface area contributed by atoms with Gasteiger partial charge in [-0.15, -0.1) is 0 Å². The fraction of sp³-hybridized carbons (Fsp3) is 0.550. The molecule has 2 N–H and O–H groups in total. The number of rotatable bonds is 3. The van der Waals surface area contributed by atoms with Gasteiger partial charge in [0, 0.05) is 6.54 Å². The average Bonchev–Trinajstić information content (AvgIpc) is 2.62. The van der Waals surface area contributed by atoms with Crippen molar-refractivity contribution in [3.63, 3.8) is 0 Å². The Balaban J connectivity index is 1.90. The van der Waals surface area contributed by atoms with Crippen molar-refractivity contribution in [1.82, 2.24) is 14.5 Å².